The van der Waals surface area contributed by atoms with Crippen LogP contribution in [0.5, 0.6) is 0 Å². The smallest absolute Gasteiger partial charge is 0.235 e. The molecule has 5 rings (SSSR count). The van der Waals surface area contributed by atoms with Crippen LogP contribution in [0.25, 0.3) is 0 Å². The number of carbonyl (C=O) groups excluding carboxylic acids is 2. The van der Waals surface area contributed by atoms with Crippen molar-refractivity contribution >= 4 is 11.8 Å². The van der Waals surface area contributed by atoms with Gasteiger partial charge in [-0.25, -0.2) is 0 Å². The average Bonchev–Trinajstić information content (AvgIpc) is 3.22. The summed E-state index contributed by atoms with van der Waals surface area (Å²) in [7, 11) is 0. The summed E-state index contributed by atoms with van der Waals surface area (Å²) in [4.78, 5) is 31.3. The zero-order valence-corrected chi connectivity index (χ0v) is 21.1. The summed E-state index contributed by atoms with van der Waals surface area (Å²) >= 11 is 0. The monoisotopic (exact) mass is 498 g/mol. The molecule has 0 spiro atoms. The van der Waals surface area contributed by atoms with Crippen molar-refractivity contribution in [2.24, 2.45) is 5.92 Å². The van der Waals surface area contributed by atoms with E-state index in [1.807, 2.05) is 103 Å². The lowest BCUT2D eigenvalue weighted by Gasteiger charge is -2.49. The van der Waals surface area contributed by atoms with E-state index in [4.69, 9.17) is 0 Å². The normalized spacial score (nSPS) is 21.9. The second kappa shape index (κ2) is 10.9. The first-order valence-electron chi connectivity index (χ1n) is 13.1. The number of amides is 2. The Morgan fingerprint density at radius 2 is 1.35 bits per heavy atom. The van der Waals surface area contributed by atoms with Gasteiger partial charge in [-0.2, -0.15) is 0 Å². The second-order valence-corrected chi connectivity index (χ2v) is 10.3. The van der Waals surface area contributed by atoms with Crippen molar-refractivity contribution in [2.75, 3.05) is 6.54 Å². The summed E-state index contributed by atoms with van der Waals surface area (Å²) in [6.07, 6.45) is 0.249. The molecule has 192 valence electrons. The first-order chi connectivity index (χ1) is 18.0. The number of piperazine rings is 1. The lowest BCUT2D eigenvalue weighted by molar-refractivity contribution is -0.172. The highest BCUT2D eigenvalue weighted by molar-refractivity contribution is 5.88. The molecule has 2 bridgehead atoms. The van der Waals surface area contributed by atoms with E-state index in [1.165, 1.54) is 0 Å². The van der Waals surface area contributed by atoms with Crippen LogP contribution >= 0.6 is 0 Å². The molecule has 6 heteroatoms. The van der Waals surface area contributed by atoms with Crippen LogP contribution < -0.4 is 0 Å². The first kappa shape index (κ1) is 25.2. The molecule has 2 amide bonds. The number of aliphatic hydroxyl groups is 2. The van der Waals surface area contributed by atoms with Crippen molar-refractivity contribution in [1.82, 2.24) is 9.80 Å². The van der Waals surface area contributed by atoms with Gasteiger partial charge in [0.2, 0.25) is 11.8 Å². The zero-order chi connectivity index (χ0) is 25.9. The van der Waals surface area contributed by atoms with Gasteiger partial charge in [-0.1, -0.05) is 97.9 Å². The van der Waals surface area contributed by atoms with E-state index in [0.717, 1.165) is 23.1 Å². The predicted octanol–water partition coefficient (Wildman–Crippen LogP) is 3.58. The fraction of sp³-hybridized carbons (Fsp3) is 0.355. The largest absolute Gasteiger partial charge is 0.366 e. The number of carbonyl (C=O) groups is 2. The summed E-state index contributed by atoms with van der Waals surface area (Å²) in [6.45, 7) is 2.22. The fourth-order valence-electron chi connectivity index (χ4n) is 6.17. The van der Waals surface area contributed by atoms with Crippen molar-refractivity contribution < 1.29 is 19.8 Å². The van der Waals surface area contributed by atoms with E-state index in [2.05, 4.69) is 0 Å². The van der Waals surface area contributed by atoms with Gasteiger partial charge in [-0.15, -0.1) is 0 Å². The molecule has 2 N–H and O–H groups in total. The van der Waals surface area contributed by atoms with Crippen molar-refractivity contribution in [3.05, 3.63) is 108 Å². The van der Waals surface area contributed by atoms with Crippen LogP contribution in [0.4, 0.5) is 0 Å². The molecule has 2 heterocycles. The molecular formula is C31H34N2O4. The van der Waals surface area contributed by atoms with Crippen molar-refractivity contribution in [3.8, 4) is 0 Å². The molecule has 0 aliphatic carbocycles. The standard InChI is InChI=1S/C31H34N2O4/c1-21(19-22-11-5-2-6-12-22)29(34)33-25-17-18-26(33)28(31(36)37)32(20-25)30(35)27(23-13-7-3-8-14-23)24-15-9-4-10-16-24/h2-16,21,25-28,31,36-37H,17-20H2,1H3/t21?,25-,26+,28-/m0/s1. The SMILES string of the molecule is CC(Cc1ccccc1)C(=O)N1[C@H]2CC[C@@H]1[C@@H](C(O)O)N(C(=O)C(c1ccccc1)c1ccccc1)C2. The number of hydrogen-bond donors (Lipinski definition) is 2. The Morgan fingerprint density at radius 3 is 1.89 bits per heavy atom. The Hall–Kier alpha value is -3.48. The molecule has 6 nitrogen and oxygen atoms in total. The number of aliphatic hydroxyl groups excluding tert-OH is 1. The molecule has 3 aromatic carbocycles. The van der Waals surface area contributed by atoms with E-state index < -0.39 is 24.3 Å². The van der Waals surface area contributed by atoms with Gasteiger partial charge in [0, 0.05) is 18.5 Å². The van der Waals surface area contributed by atoms with Crippen molar-refractivity contribution in [3.63, 3.8) is 0 Å². The van der Waals surface area contributed by atoms with E-state index in [9.17, 15) is 19.8 Å². The Bertz CT molecular complexity index is 1160. The molecule has 37 heavy (non-hydrogen) atoms. The summed E-state index contributed by atoms with van der Waals surface area (Å²) < 4.78 is 0. The number of benzene rings is 3. The van der Waals surface area contributed by atoms with Crippen LogP contribution in [-0.4, -0.2) is 62.8 Å². The topological polar surface area (TPSA) is 81.1 Å². The second-order valence-electron chi connectivity index (χ2n) is 10.3. The number of hydrogen-bond acceptors (Lipinski definition) is 4. The summed E-state index contributed by atoms with van der Waals surface area (Å²) in [6, 6.07) is 27.7. The van der Waals surface area contributed by atoms with E-state index in [1.54, 1.807) is 4.90 Å². The van der Waals surface area contributed by atoms with Gasteiger partial charge in [0.15, 0.2) is 6.29 Å². The van der Waals surface area contributed by atoms with Crippen LogP contribution in [0.15, 0.2) is 91.0 Å². The highest BCUT2D eigenvalue weighted by Gasteiger charge is 2.53. The van der Waals surface area contributed by atoms with Gasteiger partial charge < -0.3 is 20.0 Å². The van der Waals surface area contributed by atoms with Crippen molar-refractivity contribution in [1.29, 1.82) is 0 Å². The highest BCUT2D eigenvalue weighted by atomic mass is 16.5. The number of likely N-dealkylation sites (tertiary alicyclic amines) is 1. The summed E-state index contributed by atoms with van der Waals surface area (Å²) in [5.41, 5.74) is 2.80. The third-order valence-electron chi connectivity index (χ3n) is 7.87. The summed E-state index contributed by atoms with van der Waals surface area (Å²) in [5, 5.41) is 21.1. The minimum absolute atomic E-state index is 0.0109. The Labute approximate surface area is 218 Å². The molecule has 2 fully saturated rings. The molecule has 2 aliphatic rings. The quantitative estimate of drug-likeness (QED) is 0.488. The average molecular weight is 499 g/mol. The third kappa shape index (κ3) is 5.04. The number of rotatable bonds is 7. The molecule has 2 saturated heterocycles. The minimum Gasteiger partial charge on any atom is -0.366 e. The Kier molecular flexibility index (Phi) is 7.40. The summed E-state index contributed by atoms with van der Waals surface area (Å²) in [5.74, 6) is -0.971. The van der Waals surface area contributed by atoms with E-state index in [0.29, 0.717) is 12.8 Å². The van der Waals surface area contributed by atoms with Crippen LogP contribution in [-0.2, 0) is 16.0 Å². The molecule has 3 aromatic rings. The van der Waals surface area contributed by atoms with Crippen LogP contribution in [0.1, 0.15) is 42.4 Å². The maximum absolute atomic E-state index is 14.2. The lowest BCUT2D eigenvalue weighted by Crippen LogP contribution is -2.67. The van der Waals surface area contributed by atoms with E-state index >= 15 is 0 Å². The molecule has 1 unspecified atom stereocenters. The van der Waals surface area contributed by atoms with Gasteiger partial charge >= 0.3 is 0 Å². The van der Waals surface area contributed by atoms with Crippen molar-refractivity contribution in [2.45, 2.75) is 56.5 Å². The maximum Gasteiger partial charge on any atom is 0.235 e. The van der Waals surface area contributed by atoms with Gasteiger partial charge in [0.05, 0.1) is 12.0 Å². The van der Waals surface area contributed by atoms with Gasteiger partial charge in [-0.05, 0) is 36.0 Å². The van der Waals surface area contributed by atoms with Crippen LogP contribution in [0.2, 0.25) is 0 Å². The number of nitrogens with zero attached hydrogens (tertiary/aromatic N) is 2. The molecule has 4 atom stereocenters. The third-order valence-corrected chi connectivity index (χ3v) is 7.87. The Morgan fingerprint density at radius 1 is 0.811 bits per heavy atom. The van der Waals surface area contributed by atoms with Gasteiger partial charge in [0.25, 0.3) is 0 Å². The molecular weight excluding hydrogens is 464 g/mol. The zero-order valence-electron chi connectivity index (χ0n) is 21.1. The van der Waals surface area contributed by atoms with Gasteiger partial charge in [-0.3, -0.25) is 9.59 Å². The predicted molar refractivity (Wildman–Crippen MR) is 141 cm³/mol. The van der Waals surface area contributed by atoms with Crippen LogP contribution in [0, 0.1) is 5.92 Å². The molecule has 0 saturated carbocycles. The molecule has 2 aliphatic heterocycles. The lowest BCUT2D eigenvalue weighted by atomic mass is 9.88. The van der Waals surface area contributed by atoms with Crippen LogP contribution in [0.3, 0.4) is 0 Å². The molecule has 0 radical (unpaired) electrons. The van der Waals surface area contributed by atoms with E-state index in [-0.39, 0.29) is 30.3 Å². The minimum atomic E-state index is -1.75. The number of fused-ring (bicyclic) bond motifs is 2. The first-order valence-corrected chi connectivity index (χ1v) is 13.1. The fourth-order valence-corrected chi connectivity index (χ4v) is 6.17. The van der Waals surface area contributed by atoms with Gasteiger partial charge in [0.1, 0.15) is 6.04 Å². The molecule has 0 aromatic heterocycles. The highest BCUT2D eigenvalue weighted by Crippen LogP contribution is 2.39. The maximum atomic E-state index is 14.2. The Balaban J connectivity index is 1.43.